The fourth-order valence-corrected chi connectivity index (χ4v) is 3.53. The summed E-state index contributed by atoms with van der Waals surface area (Å²) in [5.41, 5.74) is 1.39. The average molecular weight is 332 g/mol. The fourth-order valence-electron chi connectivity index (χ4n) is 3.41. The molecule has 0 radical (unpaired) electrons. The molecule has 0 spiro atoms. The number of imidazole rings is 1. The molecule has 1 fully saturated rings. The van der Waals surface area contributed by atoms with Crippen LogP contribution in [0, 0.1) is 5.92 Å². The maximum atomic E-state index is 5.93. The highest BCUT2D eigenvalue weighted by Gasteiger charge is 2.18. The Kier molecular flexibility index (Phi) is 6.12. The third-order valence-corrected chi connectivity index (χ3v) is 5.17. The van der Waals surface area contributed by atoms with Crippen LogP contribution in [0.1, 0.15) is 31.2 Å². The first-order chi connectivity index (χ1) is 11.3. The summed E-state index contributed by atoms with van der Waals surface area (Å²) in [5, 5.41) is 0.825. The second-order valence-corrected chi connectivity index (χ2v) is 7.04. The van der Waals surface area contributed by atoms with Gasteiger partial charge in [0.2, 0.25) is 0 Å². The van der Waals surface area contributed by atoms with Crippen LogP contribution in [0.25, 0.3) is 0 Å². The molecule has 2 aromatic rings. The number of benzene rings is 1. The van der Waals surface area contributed by atoms with Crippen molar-refractivity contribution in [1.82, 2.24) is 14.5 Å². The summed E-state index contributed by atoms with van der Waals surface area (Å²) in [6.45, 7) is 4.85. The zero-order valence-corrected chi connectivity index (χ0v) is 14.5. The number of hydrogen-bond donors (Lipinski definition) is 0. The van der Waals surface area contributed by atoms with E-state index in [1.807, 2.05) is 24.7 Å². The van der Waals surface area contributed by atoms with Crippen molar-refractivity contribution in [2.45, 2.75) is 38.6 Å². The topological polar surface area (TPSA) is 21.1 Å². The highest BCUT2D eigenvalue weighted by Crippen LogP contribution is 2.21. The third kappa shape index (κ3) is 5.36. The van der Waals surface area contributed by atoms with Gasteiger partial charge in [-0.2, -0.15) is 0 Å². The molecule has 1 aromatic heterocycles. The van der Waals surface area contributed by atoms with Crippen molar-refractivity contribution in [2.75, 3.05) is 19.6 Å². The van der Waals surface area contributed by atoms with E-state index in [1.165, 1.54) is 50.9 Å². The lowest BCUT2D eigenvalue weighted by Crippen LogP contribution is -2.34. The number of halogens is 1. The van der Waals surface area contributed by atoms with Crippen LogP contribution in [-0.2, 0) is 13.0 Å². The van der Waals surface area contributed by atoms with E-state index in [0.717, 1.165) is 23.9 Å². The van der Waals surface area contributed by atoms with Crippen molar-refractivity contribution in [1.29, 1.82) is 0 Å². The molecule has 4 heteroatoms. The van der Waals surface area contributed by atoms with E-state index in [9.17, 15) is 0 Å². The Labute approximate surface area is 144 Å². The number of hydrogen-bond acceptors (Lipinski definition) is 2. The Morgan fingerprint density at radius 2 is 1.87 bits per heavy atom. The van der Waals surface area contributed by atoms with E-state index in [-0.39, 0.29) is 0 Å². The van der Waals surface area contributed by atoms with Gasteiger partial charge in [-0.15, -0.1) is 0 Å². The molecule has 3 rings (SSSR count). The molecular formula is C19H26ClN3. The summed E-state index contributed by atoms with van der Waals surface area (Å²) >= 11 is 5.93. The molecule has 0 aliphatic carbocycles. The molecule has 0 bridgehead atoms. The van der Waals surface area contributed by atoms with Crippen LogP contribution < -0.4 is 0 Å². The molecule has 124 valence electrons. The van der Waals surface area contributed by atoms with E-state index >= 15 is 0 Å². The first kappa shape index (κ1) is 16.5. The largest absolute Gasteiger partial charge is 0.337 e. The molecule has 2 heterocycles. The van der Waals surface area contributed by atoms with Gasteiger partial charge in [0.15, 0.2) is 0 Å². The monoisotopic (exact) mass is 331 g/mol. The molecule has 1 aliphatic rings. The number of likely N-dealkylation sites (tertiary alicyclic amines) is 1. The van der Waals surface area contributed by atoms with Crippen molar-refractivity contribution in [3.8, 4) is 0 Å². The van der Waals surface area contributed by atoms with Gasteiger partial charge in [-0.25, -0.2) is 4.98 Å². The second-order valence-electron chi connectivity index (χ2n) is 6.60. The highest BCUT2D eigenvalue weighted by molar-refractivity contribution is 6.30. The molecule has 0 saturated carbocycles. The Bertz CT molecular complexity index is 557. The summed E-state index contributed by atoms with van der Waals surface area (Å²) in [4.78, 5) is 6.74. The summed E-state index contributed by atoms with van der Waals surface area (Å²) in [6.07, 6.45) is 12.2. The van der Waals surface area contributed by atoms with Gasteiger partial charge in [-0.3, -0.25) is 0 Å². The number of piperidine rings is 1. The minimum absolute atomic E-state index is 0.825. The van der Waals surface area contributed by atoms with Gasteiger partial charge in [-0.1, -0.05) is 23.7 Å². The first-order valence-electron chi connectivity index (χ1n) is 8.72. The van der Waals surface area contributed by atoms with E-state index in [2.05, 4.69) is 32.8 Å². The Morgan fingerprint density at radius 3 is 2.57 bits per heavy atom. The first-order valence-corrected chi connectivity index (χ1v) is 9.10. The van der Waals surface area contributed by atoms with Gasteiger partial charge < -0.3 is 9.47 Å². The summed E-state index contributed by atoms with van der Waals surface area (Å²) in [6, 6.07) is 8.26. The zero-order chi connectivity index (χ0) is 15.9. The third-order valence-electron chi connectivity index (χ3n) is 4.91. The van der Waals surface area contributed by atoms with Gasteiger partial charge >= 0.3 is 0 Å². The molecule has 1 aliphatic heterocycles. The molecule has 3 nitrogen and oxygen atoms in total. The van der Waals surface area contributed by atoms with Crippen molar-refractivity contribution >= 4 is 11.6 Å². The van der Waals surface area contributed by atoms with Crippen LogP contribution in [0.4, 0.5) is 0 Å². The van der Waals surface area contributed by atoms with Gasteiger partial charge in [0, 0.05) is 24.0 Å². The Balaban J connectivity index is 1.30. The van der Waals surface area contributed by atoms with E-state index < -0.39 is 0 Å². The maximum absolute atomic E-state index is 5.93. The number of aromatic nitrogens is 2. The minimum atomic E-state index is 0.825. The number of nitrogens with zero attached hydrogens (tertiary/aromatic N) is 3. The normalized spacial score (nSPS) is 16.7. The van der Waals surface area contributed by atoms with Crippen molar-refractivity contribution in [2.24, 2.45) is 5.92 Å². The average Bonchev–Trinajstić information content (AvgIpc) is 3.09. The lowest BCUT2D eigenvalue weighted by Gasteiger charge is -2.32. The molecule has 0 N–H and O–H groups in total. The summed E-state index contributed by atoms with van der Waals surface area (Å²) < 4.78 is 2.19. The number of aryl methyl sites for hydroxylation is 2. The lowest BCUT2D eigenvalue weighted by atomic mass is 9.93. The van der Waals surface area contributed by atoms with Crippen LogP contribution in [-0.4, -0.2) is 34.1 Å². The standard InChI is InChI=1S/C19H26ClN3/c20-19-5-3-17(4-6-19)2-1-11-22-12-7-18(8-13-22)9-14-23-15-10-21-16-23/h3-6,10,15-16,18H,1-2,7-9,11-14H2. The van der Waals surface area contributed by atoms with Crippen LogP contribution >= 0.6 is 11.6 Å². The van der Waals surface area contributed by atoms with Gasteiger partial charge in [-0.05, 0) is 75.4 Å². The molecule has 0 atom stereocenters. The van der Waals surface area contributed by atoms with Crippen LogP contribution in [0.5, 0.6) is 0 Å². The molecule has 1 aromatic carbocycles. The van der Waals surface area contributed by atoms with Gasteiger partial charge in [0.05, 0.1) is 6.33 Å². The van der Waals surface area contributed by atoms with E-state index in [4.69, 9.17) is 11.6 Å². The minimum Gasteiger partial charge on any atom is -0.337 e. The summed E-state index contributed by atoms with van der Waals surface area (Å²) in [7, 11) is 0. The quantitative estimate of drug-likeness (QED) is 0.755. The number of rotatable bonds is 7. The van der Waals surface area contributed by atoms with Crippen LogP contribution in [0.3, 0.4) is 0 Å². The van der Waals surface area contributed by atoms with E-state index in [1.54, 1.807) is 0 Å². The molecule has 23 heavy (non-hydrogen) atoms. The van der Waals surface area contributed by atoms with E-state index in [0.29, 0.717) is 0 Å². The smallest absolute Gasteiger partial charge is 0.0945 e. The summed E-state index contributed by atoms with van der Waals surface area (Å²) in [5.74, 6) is 0.880. The maximum Gasteiger partial charge on any atom is 0.0945 e. The molecule has 0 amide bonds. The van der Waals surface area contributed by atoms with Gasteiger partial charge in [0.25, 0.3) is 0 Å². The highest BCUT2D eigenvalue weighted by atomic mass is 35.5. The zero-order valence-electron chi connectivity index (χ0n) is 13.7. The van der Waals surface area contributed by atoms with Gasteiger partial charge in [0.1, 0.15) is 0 Å². The molecule has 0 unspecified atom stereocenters. The second kappa shape index (κ2) is 8.51. The van der Waals surface area contributed by atoms with Crippen molar-refractivity contribution in [3.63, 3.8) is 0 Å². The SMILES string of the molecule is Clc1ccc(CCCN2CCC(CCn3ccnc3)CC2)cc1. The Hall–Kier alpha value is -1.32. The van der Waals surface area contributed by atoms with Crippen LogP contribution in [0.2, 0.25) is 5.02 Å². The lowest BCUT2D eigenvalue weighted by molar-refractivity contribution is 0.174. The Morgan fingerprint density at radius 1 is 1.09 bits per heavy atom. The molecule has 1 saturated heterocycles. The predicted octanol–water partition coefficient (Wildman–Crippen LogP) is 4.27. The predicted molar refractivity (Wildman–Crippen MR) is 95.8 cm³/mol. The fraction of sp³-hybridized carbons (Fsp3) is 0.526. The van der Waals surface area contributed by atoms with Crippen LogP contribution in [0.15, 0.2) is 43.0 Å². The van der Waals surface area contributed by atoms with Crippen molar-refractivity contribution in [3.05, 3.63) is 53.6 Å². The molecular weight excluding hydrogens is 306 g/mol. The van der Waals surface area contributed by atoms with Crippen molar-refractivity contribution < 1.29 is 0 Å².